The first-order chi connectivity index (χ1) is 18.4. The number of carbonyl (C=O) groups is 2. The molecule has 0 atom stereocenters. The summed E-state index contributed by atoms with van der Waals surface area (Å²) in [6, 6.07) is 19.3. The van der Waals surface area contributed by atoms with Crippen molar-refractivity contribution >= 4 is 11.7 Å². The van der Waals surface area contributed by atoms with Crippen LogP contribution in [0.1, 0.15) is 58.5 Å². The predicted octanol–water partition coefficient (Wildman–Crippen LogP) is 5.67. The van der Waals surface area contributed by atoms with Gasteiger partial charge in [-0.05, 0) is 79.8 Å². The summed E-state index contributed by atoms with van der Waals surface area (Å²) in [7, 11) is 0. The van der Waals surface area contributed by atoms with E-state index in [0.717, 1.165) is 43.6 Å². The van der Waals surface area contributed by atoms with Gasteiger partial charge in [0.05, 0.1) is 0 Å². The lowest BCUT2D eigenvalue weighted by Crippen LogP contribution is -2.44. The summed E-state index contributed by atoms with van der Waals surface area (Å²) in [4.78, 5) is 27.7. The summed E-state index contributed by atoms with van der Waals surface area (Å²) in [5.74, 6) is 0.766. The van der Waals surface area contributed by atoms with Gasteiger partial charge in [-0.2, -0.15) is 0 Å². The lowest BCUT2D eigenvalue weighted by atomic mass is 10.0. The Hall–Kier alpha value is -3.97. The number of hydrogen-bond donors (Lipinski definition) is 1. The molecule has 0 spiro atoms. The number of nitrogens with one attached hydrogen (secondary N) is 1. The van der Waals surface area contributed by atoms with Crippen LogP contribution in [0.15, 0.2) is 78.1 Å². The number of carbonyl (C=O) groups excluding carboxylic acids is 2. The number of benzene rings is 3. The van der Waals surface area contributed by atoms with Crippen molar-refractivity contribution < 1.29 is 23.5 Å². The zero-order valence-corrected chi connectivity index (χ0v) is 21.6. The van der Waals surface area contributed by atoms with Crippen LogP contribution >= 0.6 is 0 Å². The van der Waals surface area contributed by atoms with Gasteiger partial charge in [0.15, 0.2) is 5.76 Å². The molecule has 0 saturated carbocycles. The number of halogens is 1. The number of amides is 1. The summed E-state index contributed by atoms with van der Waals surface area (Å²) in [6.45, 7) is 6.54. The summed E-state index contributed by atoms with van der Waals surface area (Å²) in [5, 5.41) is 3.07. The van der Waals surface area contributed by atoms with E-state index in [1.54, 1.807) is 6.07 Å². The highest BCUT2D eigenvalue weighted by molar-refractivity contribution is 6.14. The molecule has 5 rings (SSSR count). The van der Waals surface area contributed by atoms with Crippen molar-refractivity contribution in [1.29, 1.82) is 0 Å². The molecule has 1 amide bonds. The Morgan fingerprint density at radius 2 is 1.71 bits per heavy atom. The number of nitrogens with zero attached hydrogens (tertiary/aromatic N) is 1. The van der Waals surface area contributed by atoms with Gasteiger partial charge < -0.3 is 14.8 Å². The highest BCUT2D eigenvalue weighted by atomic mass is 19.1. The maximum absolute atomic E-state index is 13.1. The molecule has 1 fully saturated rings. The van der Waals surface area contributed by atoms with Crippen LogP contribution in [0.3, 0.4) is 0 Å². The Kier molecular flexibility index (Phi) is 7.56. The Morgan fingerprint density at radius 1 is 1.00 bits per heavy atom. The number of ketones is 1. The summed E-state index contributed by atoms with van der Waals surface area (Å²) in [5.41, 5.74) is 4.01. The maximum atomic E-state index is 13.1. The van der Waals surface area contributed by atoms with E-state index in [2.05, 4.69) is 16.3 Å². The van der Waals surface area contributed by atoms with E-state index >= 15 is 0 Å². The molecule has 1 N–H and O–H groups in total. The molecule has 1 saturated heterocycles. The number of hydrogen-bond acceptors (Lipinski definition) is 5. The molecule has 2 heterocycles. The first kappa shape index (κ1) is 25.7. The van der Waals surface area contributed by atoms with Gasteiger partial charge in [-0.3, -0.25) is 14.5 Å². The molecular weight excluding hydrogens is 483 g/mol. The monoisotopic (exact) mass is 514 g/mol. The first-order valence-corrected chi connectivity index (χ1v) is 12.9. The molecule has 0 aromatic heterocycles. The van der Waals surface area contributed by atoms with Crippen molar-refractivity contribution in [2.75, 3.05) is 13.1 Å². The van der Waals surface area contributed by atoms with E-state index < -0.39 is 0 Å². The highest BCUT2D eigenvalue weighted by Crippen LogP contribution is 2.38. The van der Waals surface area contributed by atoms with Gasteiger partial charge in [-0.15, -0.1) is 0 Å². The van der Waals surface area contributed by atoms with Crippen LogP contribution in [0.4, 0.5) is 4.39 Å². The molecule has 196 valence electrons. The second kappa shape index (κ2) is 11.2. The predicted molar refractivity (Wildman–Crippen MR) is 143 cm³/mol. The van der Waals surface area contributed by atoms with Crippen LogP contribution in [0.2, 0.25) is 0 Å². The summed E-state index contributed by atoms with van der Waals surface area (Å²) in [6.07, 6.45) is 1.69. The largest absolute Gasteiger partial charge is 0.488 e. The minimum Gasteiger partial charge on any atom is -0.488 e. The average molecular weight is 515 g/mol. The third-order valence-corrected chi connectivity index (χ3v) is 7.01. The van der Waals surface area contributed by atoms with Crippen molar-refractivity contribution in [1.82, 2.24) is 10.2 Å². The fourth-order valence-electron chi connectivity index (χ4n) is 4.89. The van der Waals surface area contributed by atoms with Crippen LogP contribution < -0.4 is 14.8 Å². The van der Waals surface area contributed by atoms with E-state index in [1.807, 2.05) is 44.2 Å². The number of likely N-dealkylation sites (tertiary alicyclic amines) is 1. The van der Waals surface area contributed by atoms with Crippen LogP contribution in [0.5, 0.6) is 11.5 Å². The van der Waals surface area contributed by atoms with Crippen molar-refractivity contribution in [3.8, 4) is 11.5 Å². The van der Waals surface area contributed by atoms with Gasteiger partial charge in [0.1, 0.15) is 29.5 Å². The molecule has 0 aliphatic carbocycles. The third-order valence-electron chi connectivity index (χ3n) is 7.01. The quantitative estimate of drug-likeness (QED) is 0.412. The normalized spacial score (nSPS) is 15.7. The minimum atomic E-state index is -0.353. The second-order valence-corrected chi connectivity index (χ2v) is 9.98. The molecule has 0 radical (unpaired) electrons. The van der Waals surface area contributed by atoms with Crippen molar-refractivity contribution in [2.45, 2.75) is 45.9 Å². The Morgan fingerprint density at radius 3 is 2.42 bits per heavy atom. The smallest absolute Gasteiger partial charge is 0.251 e. The van der Waals surface area contributed by atoms with Crippen LogP contribution in [0.25, 0.3) is 0 Å². The Bertz CT molecular complexity index is 1370. The van der Waals surface area contributed by atoms with Gasteiger partial charge >= 0.3 is 0 Å². The summed E-state index contributed by atoms with van der Waals surface area (Å²) >= 11 is 0. The standard InChI is InChI=1S/C31H31FN2O4/c1-20(2)30-29(35)28-26(8-5-9-27(28)38-30)37-19-23-7-4-3-6-22(23)18-34-16-14-25(15-17-34)33-31(36)21-10-12-24(32)13-11-21/h3-13,25H,14-19H2,1-2H3,(H,33,36). The van der Waals surface area contributed by atoms with E-state index in [1.165, 1.54) is 29.8 Å². The zero-order valence-electron chi connectivity index (χ0n) is 21.6. The number of allylic oxidation sites excluding steroid dienone is 2. The highest BCUT2D eigenvalue weighted by Gasteiger charge is 2.32. The number of Topliss-reactive ketones (excluding diaryl/α,β-unsaturated/α-hetero) is 1. The molecule has 0 unspecified atom stereocenters. The minimum absolute atomic E-state index is 0.0907. The van der Waals surface area contributed by atoms with Crippen molar-refractivity contribution in [3.05, 3.63) is 106 Å². The van der Waals surface area contributed by atoms with Crippen LogP contribution in [-0.2, 0) is 13.2 Å². The molecule has 3 aromatic carbocycles. The third kappa shape index (κ3) is 5.63. The van der Waals surface area contributed by atoms with Gasteiger partial charge in [-0.1, -0.05) is 30.3 Å². The van der Waals surface area contributed by atoms with E-state index in [-0.39, 0.29) is 23.5 Å². The first-order valence-electron chi connectivity index (χ1n) is 12.9. The van der Waals surface area contributed by atoms with Crippen molar-refractivity contribution in [2.24, 2.45) is 0 Å². The SMILES string of the molecule is CC(C)=C1Oc2cccc(OCc3ccccc3CN3CCC(NC(=O)c4ccc(F)cc4)CC3)c2C1=O. The lowest BCUT2D eigenvalue weighted by molar-refractivity contribution is 0.0908. The fourth-order valence-corrected chi connectivity index (χ4v) is 4.89. The number of ether oxygens (including phenoxy) is 2. The fraction of sp³-hybridized carbons (Fsp3) is 0.290. The molecule has 7 heteroatoms. The van der Waals surface area contributed by atoms with Gasteiger partial charge in [0.2, 0.25) is 5.78 Å². The molecule has 3 aromatic rings. The molecule has 38 heavy (non-hydrogen) atoms. The van der Waals surface area contributed by atoms with E-state index in [0.29, 0.717) is 35.0 Å². The lowest BCUT2D eigenvalue weighted by Gasteiger charge is -2.32. The molecule has 2 aliphatic heterocycles. The zero-order chi connectivity index (χ0) is 26.6. The molecule has 6 nitrogen and oxygen atoms in total. The maximum Gasteiger partial charge on any atom is 0.251 e. The summed E-state index contributed by atoms with van der Waals surface area (Å²) < 4.78 is 25.1. The number of rotatable bonds is 7. The number of piperidine rings is 1. The molecule has 0 bridgehead atoms. The Labute approximate surface area is 222 Å². The number of fused-ring (bicyclic) bond motifs is 1. The van der Waals surface area contributed by atoms with E-state index in [4.69, 9.17) is 9.47 Å². The molecular formula is C31H31FN2O4. The molecule has 2 aliphatic rings. The van der Waals surface area contributed by atoms with Crippen LogP contribution in [-0.4, -0.2) is 35.7 Å². The van der Waals surface area contributed by atoms with Gasteiger partial charge in [0.25, 0.3) is 5.91 Å². The van der Waals surface area contributed by atoms with Crippen molar-refractivity contribution in [3.63, 3.8) is 0 Å². The van der Waals surface area contributed by atoms with Crippen LogP contribution in [0, 0.1) is 5.82 Å². The average Bonchev–Trinajstić information content (AvgIpc) is 3.27. The van der Waals surface area contributed by atoms with Gasteiger partial charge in [-0.25, -0.2) is 4.39 Å². The van der Waals surface area contributed by atoms with Gasteiger partial charge in [0, 0.05) is 31.2 Å². The topological polar surface area (TPSA) is 67.9 Å². The second-order valence-electron chi connectivity index (χ2n) is 9.98. The van der Waals surface area contributed by atoms with E-state index in [9.17, 15) is 14.0 Å². The Balaban J connectivity index is 1.18.